The van der Waals surface area contributed by atoms with Crippen LogP contribution in [0.1, 0.15) is 5.56 Å². The summed E-state index contributed by atoms with van der Waals surface area (Å²) in [5.74, 6) is -0.251. The Hall–Kier alpha value is -1.15. The summed E-state index contributed by atoms with van der Waals surface area (Å²) in [6.45, 7) is -0.00711. The number of nitrogens with two attached hydrogens (primary N) is 1. The van der Waals surface area contributed by atoms with E-state index in [1.807, 2.05) is 30.3 Å². The number of hydrogen-bond acceptors (Lipinski definition) is 1. The molecule has 64 valence electrons. The van der Waals surface area contributed by atoms with Gasteiger partial charge in [0, 0.05) is 6.54 Å². The third-order valence-corrected chi connectivity index (χ3v) is 1.60. The van der Waals surface area contributed by atoms with Crippen LogP contribution >= 0.6 is 0 Å². The topological polar surface area (TPSA) is 26.0 Å². The van der Waals surface area contributed by atoms with Crippen LogP contribution in [0.4, 0.5) is 4.39 Å². The first-order valence-electron chi connectivity index (χ1n) is 3.91. The van der Waals surface area contributed by atoms with Gasteiger partial charge in [-0.15, -0.1) is 0 Å². The molecular formula is C10H12FN. The van der Waals surface area contributed by atoms with Crippen molar-refractivity contribution in [1.82, 2.24) is 0 Å². The van der Waals surface area contributed by atoms with Gasteiger partial charge in [0.1, 0.15) is 5.83 Å². The van der Waals surface area contributed by atoms with Crippen molar-refractivity contribution in [3.05, 3.63) is 47.8 Å². The van der Waals surface area contributed by atoms with Crippen LogP contribution in [0.3, 0.4) is 0 Å². The Morgan fingerprint density at radius 2 is 2.00 bits per heavy atom. The largest absolute Gasteiger partial charge is 0.325 e. The second-order valence-corrected chi connectivity index (χ2v) is 2.54. The van der Waals surface area contributed by atoms with E-state index in [0.29, 0.717) is 6.42 Å². The Bertz CT molecular complexity index is 254. The van der Waals surface area contributed by atoms with Crippen molar-refractivity contribution in [3.63, 3.8) is 0 Å². The second-order valence-electron chi connectivity index (χ2n) is 2.54. The molecule has 0 spiro atoms. The van der Waals surface area contributed by atoms with E-state index in [1.54, 1.807) is 0 Å². The second kappa shape index (κ2) is 4.67. The molecular weight excluding hydrogens is 153 g/mol. The molecule has 2 heteroatoms. The smallest absolute Gasteiger partial charge is 0.110 e. The highest BCUT2D eigenvalue weighted by Gasteiger charge is 1.90. The van der Waals surface area contributed by atoms with E-state index in [1.165, 1.54) is 6.08 Å². The molecule has 1 rings (SSSR count). The van der Waals surface area contributed by atoms with Crippen molar-refractivity contribution in [2.75, 3.05) is 6.54 Å². The monoisotopic (exact) mass is 165 g/mol. The number of hydrogen-bond donors (Lipinski definition) is 1. The molecule has 12 heavy (non-hydrogen) atoms. The highest BCUT2D eigenvalue weighted by atomic mass is 19.1. The van der Waals surface area contributed by atoms with Gasteiger partial charge in [0.05, 0.1) is 0 Å². The minimum absolute atomic E-state index is 0.00711. The standard InChI is InChI=1S/C10H12FN/c11-10(8-12)7-6-9-4-2-1-3-5-9/h1-5,7H,6,8,12H2. The van der Waals surface area contributed by atoms with E-state index in [2.05, 4.69) is 0 Å². The Labute approximate surface area is 71.7 Å². The maximum absolute atomic E-state index is 12.6. The summed E-state index contributed by atoms with van der Waals surface area (Å²) in [5, 5.41) is 0. The summed E-state index contributed by atoms with van der Waals surface area (Å²) in [6.07, 6.45) is 2.12. The van der Waals surface area contributed by atoms with Crippen molar-refractivity contribution < 1.29 is 4.39 Å². The molecule has 0 bridgehead atoms. The lowest BCUT2D eigenvalue weighted by Gasteiger charge is -1.94. The van der Waals surface area contributed by atoms with Gasteiger partial charge in [0.2, 0.25) is 0 Å². The van der Waals surface area contributed by atoms with E-state index >= 15 is 0 Å². The maximum atomic E-state index is 12.6. The molecule has 0 aliphatic rings. The van der Waals surface area contributed by atoms with Crippen molar-refractivity contribution >= 4 is 0 Å². The number of allylic oxidation sites excluding steroid dienone is 1. The predicted octanol–water partition coefficient (Wildman–Crippen LogP) is 2.04. The molecule has 0 aliphatic heterocycles. The summed E-state index contributed by atoms with van der Waals surface area (Å²) in [7, 11) is 0. The Kier molecular flexibility index (Phi) is 3.48. The molecule has 0 saturated heterocycles. The minimum atomic E-state index is -0.251. The number of rotatable bonds is 3. The molecule has 0 amide bonds. The molecule has 0 unspecified atom stereocenters. The van der Waals surface area contributed by atoms with E-state index in [4.69, 9.17) is 5.73 Å². The lowest BCUT2D eigenvalue weighted by molar-refractivity contribution is 0.614. The SMILES string of the molecule is NCC(F)=CCc1ccccc1. The first-order chi connectivity index (χ1) is 5.83. The van der Waals surface area contributed by atoms with Crippen LogP contribution in [0.5, 0.6) is 0 Å². The first-order valence-corrected chi connectivity index (χ1v) is 3.91. The Morgan fingerprint density at radius 3 is 2.58 bits per heavy atom. The fraction of sp³-hybridized carbons (Fsp3) is 0.200. The van der Waals surface area contributed by atoms with Crippen molar-refractivity contribution in [2.45, 2.75) is 6.42 Å². The molecule has 1 aromatic carbocycles. The van der Waals surface area contributed by atoms with Crippen LogP contribution in [0.15, 0.2) is 42.2 Å². The molecule has 0 saturated carbocycles. The van der Waals surface area contributed by atoms with Crippen molar-refractivity contribution in [1.29, 1.82) is 0 Å². The molecule has 0 radical (unpaired) electrons. The highest BCUT2D eigenvalue weighted by Crippen LogP contribution is 2.02. The minimum Gasteiger partial charge on any atom is -0.325 e. The van der Waals surface area contributed by atoms with Crippen LogP contribution in [0, 0.1) is 0 Å². The van der Waals surface area contributed by atoms with Gasteiger partial charge in [-0.05, 0) is 18.1 Å². The quantitative estimate of drug-likeness (QED) is 0.728. The van der Waals surface area contributed by atoms with Crippen LogP contribution in [-0.4, -0.2) is 6.54 Å². The average Bonchev–Trinajstić information content (AvgIpc) is 2.16. The van der Waals surface area contributed by atoms with Gasteiger partial charge in [0.25, 0.3) is 0 Å². The third kappa shape index (κ3) is 2.84. The normalized spacial score (nSPS) is 11.7. The zero-order valence-electron chi connectivity index (χ0n) is 6.83. The van der Waals surface area contributed by atoms with Gasteiger partial charge in [-0.1, -0.05) is 30.3 Å². The van der Waals surface area contributed by atoms with Crippen LogP contribution in [0.2, 0.25) is 0 Å². The predicted molar refractivity (Wildman–Crippen MR) is 48.4 cm³/mol. The molecule has 0 heterocycles. The van der Waals surface area contributed by atoms with E-state index in [9.17, 15) is 4.39 Å². The molecule has 0 atom stereocenters. The summed E-state index contributed by atoms with van der Waals surface area (Å²) in [6, 6.07) is 9.72. The van der Waals surface area contributed by atoms with Crippen LogP contribution in [0.25, 0.3) is 0 Å². The van der Waals surface area contributed by atoms with E-state index in [0.717, 1.165) is 5.56 Å². The van der Waals surface area contributed by atoms with Crippen molar-refractivity contribution in [2.24, 2.45) is 5.73 Å². The van der Waals surface area contributed by atoms with Gasteiger partial charge in [-0.3, -0.25) is 0 Å². The fourth-order valence-electron chi connectivity index (χ4n) is 0.926. The van der Waals surface area contributed by atoms with Gasteiger partial charge in [0.15, 0.2) is 0 Å². The van der Waals surface area contributed by atoms with Gasteiger partial charge < -0.3 is 5.73 Å². The number of benzene rings is 1. The summed E-state index contributed by atoms with van der Waals surface area (Å²) >= 11 is 0. The van der Waals surface area contributed by atoms with E-state index < -0.39 is 0 Å². The summed E-state index contributed by atoms with van der Waals surface area (Å²) in [5.41, 5.74) is 6.19. The van der Waals surface area contributed by atoms with E-state index in [-0.39, 0.29) is 12.4 Å². The molecule has 0 aliphatic carbocycles. The van der Waals surface area contributed by atoms with Gasteiger partial charge >= 0.3 is 0 Å². The molecule has 2 N–H and O–H groups in total. The summed E-state index contributed by atoms with van der Waals surface area (Å²) < 4.78 is 12.6. The molecule has 1 nitrogen and oxygen atoms in total. The van der Waals surface area contributed by atoms with Crippen LogP contribution in [-0.2, 0) is 6.42 Å². The summed E-state index contributed by atoms with van der Waals surface area (Å²) in [4.78, 5) is 0. The Balaban J connectivity index is 2.54. The Morgan fingerprint density at radius 1 is 1.33 bits per heavy atom. The molecule has 0 aromatic heterocycles. The lowest BCUT2D eigenvalue weighted by Crippen LogP contribution is -1.98. The third-order valence-electron chi connectivity index (χ3n) is 1.60. The lowest BCUT2D eigenvalue weighted by atomic mass is 10.1. The van der Waals surface area contributed by atoms with Gasteiger partial charge in [-0.2, -0.15) is 0 Å². The maximum Gasteiger partial charge on any atom is 0.110 e. The van der Waals surface area contributed by atoms with Gasteiger partial charge in [-0.25, -0.2) is 4.39 Å². The van der Waals surface area contributed by atoms with Crippen molar-refractivity contribution in [3.8, 4) is 0 Å². The average molecular weight is 165 g/mol. The zero-order chi connectivity index (χ0) is 8.81. The zero-order valence-corrected chi connectivity index (χ0v) is 6.83. The molecule has 0 fully saturated rings. The first kappa shape index (κ1) is 8.94. The fourth-order valence-corrected chi connectivity index (χ4v) is 0.926. The number of halogens is 1. The van der Waals surface area contributed by atoms with Crippen LogP contribution < -0.4 is 5.73 Å². The molecule has 1 aromatic rings. The highest BCUT2D eigenvalue weighted by molar-refractivity contribution is 5.18.